The fraction of sp³-hybridized carbons (Fsp3) is 0.303. The van der Waals surface area contributed by atoms with Gasteiger partial charge in [0.1, 0.15) is 5.65 Å². The summed E-state index contributed by atoms with van der Waals surface area (Å²) in [6, 6.07) is 16.9. The molecule has 7 rings (SSSR count). The van der Waals surface area contributed by atoms with Crippen LogP contribution in [0.3, 0.4) is 0 Å². The van der Waals surface area contributed by atoms with Gasteiger partial charge in [0.15, 0.2) is 11.5 Å². The number of amides is 1. The van der Waals surface area contributed by atoms with Gasteiger partial charge in [-0.05, 0) is 67.8 Å². The Morgan fingerprint density at radius 2 is 1.73 bits per heavy atom. The Kier molecular flexibility index (Phi) is 7.00. The zero-order chi connectivity index (χ0) is 30.4. The molecule has 11 heteroatoms. The van der Waals surface area contributed by atoms with E-state index < -0.39 is 11.2 Å². The Morgan fingerprint density at radius 1 is 0.909 bits per heavy atom. The fourth-order valence-electron chi connectivity index (χ4n) is 6.19. The first-order valence-electron chi connectivity index (χ1n) is 14.8. The number of nitrogens with zero attached hydrogens (tertiary/aromatic N) is 4. The molecule has 0 unspecified atom stereocenters. The molecule has 224 valence electrons. The van der Waals surface area contributed by atoms with Gasteiger partial charge in [0, 0.05) is 23.4 Å². The molecule has 1 aliphatic carbocycles. The van der Waals surface area contributed by atoms with Crippen molar-refractivity contribution in [3.05, 3.63) is 114 Å². The third-order valence-electron chi connectivity index (χ3n) is 8.46. The largest absolute Gasteiger partial charge is 0.454 e. The zero-order valence-corrected chi connectivity index (χ0v) is 24.2. The second-order valence-electron chi connectivity index (χ2n) is 11.4. The van der Waals surface area contributed by atoms with E-state index in [0.29, 0.717) is 39.5 Å². The first-order valence-corrected chi connectivity index (χ1v) is 14.8. The molecule has 1 fully saturated rings. The number of carbonyl (C=O) groups is 1. The number of aryl methyl sites for hydroxylation is 1. The van der Waals surface area contributed by atoms with Crippen LogP contribution in [0.4, 0.5) is 0 Å². The maximum absolute atomic E-state index is 14.1. The first kappa shape index (κ1) is 27.6. The second kappa shape index (κ2) is 11.1. The summed E-state index contributed by atoms with van der Waals surface area (Å²) in [5.74, 6) is 0.890. The zero-order valence-electron chi connectivity index (χ0n) is 24.2. The van der Waals surface area contributed by atoms with E-state index >= 15 is 0 Å². The molecule has 1 amide bonds. The Labute approximate surface area is 251 Å². The maximum atomic E-state index is 14.1. The molecule has 1 aliphatic heterocycles. The van der Waals surface area contributed by atoms with Crippen LogP contribution in [0.5, 0.6) is 11.5 Å². The molecule has 0 saturated heterocycles. The lowest BCUT2D eigenvalue weighted by Crippen LogP contribution is -2.41. The van der Waals surface area contributed by atoms with Crippen LogP contribution in [0, 0.1) is 6.92 Å². The molecule has 2 aliphatic rings. The van der Waals surface area contributed by atoms with Gasteiger partial charge in [-0.1, -0.05) is 31.4 Å². The third-order valence-corrected chi connectivity index (χ3v) is 8.46. The Hall–Kier alpha value is -5.19. The number of carbonyl (C=O) groups excluding carboxylic acids is 1. The van der Waals surface area contributed by atoms with Crippen LogP contribution >= 0.6 is 0 Å². The van der Waals surface area contributed by atoms with E-state index in [2.05, 4.69) is 10.3 Å². The van der Waals surface area contributed by atoms with Gasteiger partial charge in [0.25, 0.3) is 17.0 Å². The van der Waals surface area contributed by atoms with E-state index in [9.17, 15) is 19.2 Å². The predicted molar refractivity (Wildman–Crippen MR) is 164 cm³/mol. The minimum Gasteiger partial charge on any atom is -0.454 e. The number of rotatable bonds is 6. The summed E-state index contributed by atoms with van der Waals surface area (Å²) in [7, 11) is 0. The Balaban J connectivity index is 1.35. The number of benzene rings is 2. The minimum absolute atomic E-state index is 0.0127. The second-order valence-corrected chi connectivity index (χ2v) is 11.4. The molecule has 0 atom stereocenters. The van der Waals surface area contributed by atoms with Crippen LogP contribution in [0.1, 0.15) is 59.4 Å². The van der Waals surface area contributed by atoms with Crippen LogP contribution in [0.2, 0.25) is 0 Å². The van der Waals surface area contributed by atoms with Crippen LogP contribution in [-0.2, 0) is 13.1 Å². The quantitative estimate of drug-likeness (QED) is 0.320. The van der Waals surface area contributed by atoms with E-state index in [4.69, 9.17) is 9.47 Å². The number of hydrogen-bond acceptors (Lipinski definition) is 7. The van der Waals surface area contributed by atoms with Crippen molar-refractivity contribution in [1.29, 1.82) is 0 Å². The van der Waals surface area contributed by atoms with Gasteiger partial charge in [-0.3, -0.25) is 27.9 Å². The number of hydrogen-bond donors (Lipinski definition) is 1. The Morgan fingerprint density at radius 3 is 2.57 bits per heavy atom. The summed E-state index contributed by atoms with van der Waals surface area (Å²) in [6.07, 6.45) is 5.17. The summed E-state index contributed by atoms with van der Waals surface area (Å²) < 4.78 is 14.9. The molecule has 3 aromatic heterocycles. The van der Waals surface area contributed by atoms with Crippen molar-refractivity contribution in [3.63, 3.8) is 0 Å². The van der Waals surface area contributed by atoms with Crippen molar-refractivity contribution in [2.75, 3.05) is 6.79 Å². The molecule has 4 heterocycles. The highest BCUT2D eigenvalue weighted by Crippen LogP contribution is 2.32. The summed E-state index contributed by atoms with van der Waals surface area (Å²) in [6.45, 7) is 1.83. The van der Waals surface area contributed by atoms with Crippen LogP contribution in [-0.4, -0.2) is 37.3 Å². The molecule has 1 saturated carbocycles. The topological polar surface area (TPSA) is 126 Å². The Bertz CT molecular complexity index is 2120. The number of aromatic nitrogens is 4. The van der Waals surface area contributed by atoms with Gasteiger partial charge in [-0.25, -0.2) is 9.78 Å². The van der Waals surface area contributed by atoms with Crippen LogP contribution in [0.25, 0.3) is 16.6 Å². The summed E-state index contributed by atoms with van der Waals surface area (Å²) >= 11 is 0. The molecule has 5 aromatic rings. The van der Waals surface area contributed by atoms with E-state index in [1.807, 2.05) is 19.1 Å². The lowest BCUT2D eigenvalue weighted by molar-refractivity contribution is 0.0928. The molecule has 0 radical (unpaired) electrons. The standard InChI is InChI=1S/C33H31N5O6/c1-20-6-5-9-29-34-24(16-30(39)38(20)29)18-36-26-15-22(31(40)35-23-7-3-2-4-8-23)11-12-25(26)32(41)37(33(36)42)17-21-10-13-27-28(14-21)44-19-43-27/h5-6,9-16,23H,2-4,7-8,17-19H2,1H3,(H,35,40). The van der Waals surface area contributed by atoms with Gasteiger partial charge in [-0.2, -0.15) is 0 Å². The number of pyridine rings is 1. The highest BCUT2D eigenvalue weighted by molar-refractivity contribution is 5.98. The SMILES string of the molecule is Cc1cccc2nc(Cn3c(=O)n(Cc4ccc5c(c4)OCO5)c(=O)c4ccc(C(=O)NC5CCCCC5)cc43)cc(=O)n12. The van der Waals surface area contributed by atoms with E-state index in [0.717, 1.165) is 35.9 Å². The molecular weight excluding hydrogens is 562 g/mol. The first-order chi connectivity index (χ1) is 21.4. The molecule has 1 N–H and O–H groups in total. The number of fused-ring (bicyclic) bond motifs is 3. The monoisotopic (exact) mass is 593 g/mol. The van der Waals surface area contributed by atoms with E-state index in [-0.39, 0.29) is 42.8 Å². The van der Waals surface area contributed by atoms with Crippen LogP contribution in [0.15, 0.2) is 75.0 Å². The smallest absolute Gasteiger partial charge is 0.332 e. The highest BCUT2D eigenvalue weighted by atomic mass is 16.7. The normalized spacial score (nSPS) is 14.8. The minimum atomic E-state index is -0.587. The summed E-state index contributed by atoms with van der Waals surface area (Å²) in [4.78, 5) is 58.9. The van der Waals surface area contributed by atoms with E-state index in [1.165, 1.54) is 21.5 Å². The third kappa shape index (κ3) is 5.04. The predicted octanol–water partition coefficient (Wildman–Crippen LogP) is 3.37. The number of ether oxygens (including phenoxy) is 2. The van der Waals surface area contributed by atoms with Crippen molar-refractivity contribution in [2.24, 2.45) is 0 Å². The lowest BCUT2D eigenvalue weighted by atomic mass is 9.95. The van der Waals surface area contributed by atoms with Crippen molar-refractivity contribution in [2.45, 2.75) is 58.2 Å². The van der Waals surface area contributed by atoms with Gasteiger partial charge in [0.05, 0.1) is 29.7 Å². The molecule has 44 heavy (non-hydrogen) atoms. The fourth-order valence-corrected chi connectivity index (χ4v) is 6.19. The van der Waals surface area contributed by atoms with Gasteiger partial charge in [0.2, 0.25) is 6.79 Å². The van der Waals surface area contributed by atoms with Crippen molar-refractivity contribution in [3.8, 4) is 11.5 Å². The van der Waals surface area contributed by atoms with Gasteiger partial charge in [-0.15, -0.1) is 0 Å². The average molecular weight is 594 g/mol. The van der Waals surface area contributed by atoms with Crippen molar-refractivity contribution < 1.29 is 14.3 Å². The molecule has 0 spiro atoms. The molecular formula is C33H31N5O6. The van der Waals surface area contributed by atoms with Crippen LogP contribution < -0.4 is 31.6 Å². The average Bonchev–Trinajstić information content (AvgIpc) is 3.49. The summed E-state index contributed by atoms with van der Waals surface area (Å²) in [5, 5.41) is 3.38. The highest BCUT2D eigenvalue weighted by Gasteiger charge is 2.21. The van der Waals surface area contributed by atoms with Gasteiger partial charge >= 0.3 is 5.69 Å². The number of nitrogens with one attached hydrogen (secondary N) is 1. The molecule has 11 nitrogen and oxygen atoms in total. The lowest BCUT2D eigenvalue weighted by Gasteiger charge is -2.23. The maximum Gasteiger partial charge on any atom is 0.332 e. The van der Waals surface area contributed by atoms with E-state index in [1.54, 1.807) is 42.5 Å². The molecule has 0 bridgehead atoms. The van der Waals surface area contributed by atoms with Crippen molar-refractivity contribution >= 4 is 22.5 Å². The van der Waals surface area contributed by atoms with Crippen molar-refractivity contribution in [1.82, 2.24) is 23.8 Å². The summed E-state index contributed by atoms with van der Waals surface area (Å²) in [5.41, 5.74) is 1.52. The molecule has 2 aromatic carbocycles. The van der Waals surface area contributed by atoms with Gasteiger partial charge < -0.3 is 14.8 Å².